The van der Waals surface area contributed by atoms with Crippen molar-refractivity contribution in [3.8, 4) is 0 Å². The third-order valence-electron chi connectivity index (χ3n) is 2.34. The third-order valence-corrected chi connectivity index (χ3v) is 2.34. The predicted octanol–water partition coefficient (Wildman–Crippen LogP) is 1.30. The monoisotopic (exact) mass is 221 g/mol. The summed E-state index contributed by atoms with van der Waals surface area (Å²) in [6.07, 6.45) is 0. The maximum atomic E-state index is 7.40. The van der Waals surface area contributed by atoms with Gasteiger partial charge in [0.2, 0.25) is 5.95 Å². The number of nitrogens with two attached hydrogens (primary N) is 1. The van der Waals surface area contributed by atoms with Gasteiger partial charge in [0.05, 0.1) is 0 Å². The van der Waals surface area contributed by atoms with E-state index in [9.17, 15) is 0 Å². The summed E-state index contributed by atoms with van der Waals surface area (Å²) >= 11 is 0. The van der Waals surface area contributed by atoms with Crippen LogP contribution >= 0.6 is 0 Å². The molecule has 1 rings (SSSR count). The zero-order valence-corrected chi connectivity index (χ0v) is 10.3. The molecule has 0 fully saturated rings. The number of hydrogen-bond acceptors (Lipinski definition) is 4. The van der Waals surface area contributed by atoms with Gasteiger partial charge in [0, 0.05) is 18.3 Å². The van der Waals surface area contributed by atoms with Gasteiger partial charge in [0.1, 0.15) is 11.5 Å². The second-order valence-corrected chi connectivity index (χ2v) is 3.99. The molecule has 0 spiro atoms. The Balaban J connectivity index is 3.17. The highest BCUT2D eigenvalue weighted by atomic mass is 15.3. The number of aromatic nitrogens is 2. The Labute approximate surface area is 96.2 Å². The molecule has 0 saturated heterocycles. The molecule has 0 unspecified atom stereocenters. The van der Waals surface area contributed by atoms with E-state index in [0.29, 0.717) is 17.7 Å². The van der Waals surface area contributed by atoms with Crippen LogP contribution in [0.25, 0.3) is 0 Å². The van der Waals surface area contributed by atoms with Crippen LogP contribution in [0.15, 0.2) is 6.07 Å². The molecule has 88 valence electrons. The van der Waals surface area contributed by atoms with Crippen LogP contribution in [0.4, 0.5) is 5.95 Å². The summed E-state index contributed by atoms with van der Waals surface area (Å²) in [5, 5.41) is 7.40. The molecule has 0 aliphatic rings. The van der Waals surface area contributed by atoms with Crippen molar-refractivity contribution in [1.29, 1.82) is 5.41 Å². The minimum Gasteiger partial charge on any atom is -0.382 e. The Bertz CT molecular complexity index is 386. The van der Waals surface area contributed by atoms with E-state index in [-0.39, 0.29) is 5.84 Å². The fourth-order valence-corrected chi connectivity index (χ4v) is 1.56. The first-order valence-corrected chi connectivity index (χ1v) is 5.42. The largest absolute Gasteiger partial charge is 0.382 e. The van der Waals surface area contributed by atoms with Crippen molar-refractivity contribution in [1.82, 2.24) is 9.97 Å². The lowest BCUT2D eigenvalue weighted by Crippen LogP contribution is -2.32. The number of hydrogen-bond donors (Lipinski definition) is 2. The summed E-state index contributed by atoms with van der Waals surface area (Å²) in [6.45, 7) is 8.94. The van der Waals surface area contributed by atoms with E-state index < -0.39 is 0 Å². The molecular formula is C11H19N5. The van der Waals surface area contributed by atoms with Crippen LogP contribution in [0, 0.1) is 12.3 Å². The Morgan fingerprint density at radius 2 is 2.12 bits per heavy atom. The number of nitrogens with zero attached hydrogens (tertiary/aromatic N) is 3. The SMILES string of the molecule is CCN(c1nc(C)cc(C(=N)N)n1)C(C)C. The Kier molecular flexibility index (Phi) is 3.82. The lowest BCUT2D eigenvalue weighted by Gasteiger charge is -2.25. The predicted molar refractivity (Wildman–Crippen MR) is 65.9 cm³/mol. The number of anilines is 1. The molecule has 1 heterocycles. The molecule has 1 aromatic heterocycles. The van der Waals surface area contributed by atoms with Crippen molar-refractivity contribution in [2.45, 2.75) is 33.7 Å². The fraction of sp³-hybridized carbons (Fsp3) is 0.545. The molecule has 0 atom stereocenters. The summed E-state index contributed by atoms with van der Waals surface area (Å²) in [6, 6.07) is 2.05. The lowest BCUT2D eigenvalue weighted by molar-refractivity contribution is 0.679. The van der Waals surface area contributed by atoms with Gasteiger partial charge in [-0.15, -0.1) is 0 Å². The molecule has 0 aliphatic carbocycles. The molecule has 0 amide bonds. The smallest absolute Gasteiger partial charge is 0.226 e. The van der Waals surface area contributed by atoms with Crippen LogP contribution in [0.3, 0.4) is 0 Å². The number of amidine groups is 1. The molecule has 0 aliphatic heterocycles. The summed E-state index contributed by atoms with van der Waals surface area (Å²) in [5.74, 6) is 0.620. The van der Waals surface area contributed by atoms with E-state index >= 15 is 0 Å². The van der Waals surface area contributed by atoms with Crippen molar-refractivity contribution in [2.75, 3.05) is 11.4 Å². The maximum absolute atomic E-state index is 7.40. The number of rotatable bonds is 4. The Morgan fingerprint density at radius 1 is 1.50 bits per heavy atom. The van der Waals surface area contributed by atoms with Gasteiger partial charge in [0.15, 0.2) is 0 Å². The van der Waals surface area contributed by atoms with Gasteiger partial charge in [-0.3, -0.25) is 5.41 Å². The van der Waals surface area contributed by atoms with Crippen LogP contribution in [0.5, 0.6) is 0 Å². The third kappa shape index (κ3) is 2.68. The second kappa shape index (κ2) is 4.92. The van der Waals surface area contributed by atoms with E-state index in [0.717, 1.165) is 12.2 Å². The fourth-order valence-electron chi connectivity index (χ4n) is 1.56. The summed E-state index contributed by atoms with van der Waals surface area (Å²) in [5.41, 5.74) is 6.76. The van der Waals surface area contributed by atoms with Crippen molar-refractivity contribution in [2.24, 2.45) is 5.73 Å². The van der Waals surface area contributed by atoms with Gasteiger partial charge in [-0.2, -0.15) is 0 Å². The van der Waals surface area contributed by atoms with E-state index in [1.807, 2.05) is 6.92 Å². The van der Waals surface area contributed by atoms with Crippen molar-refractivity contribution >= 4 is 11.8 Å². The number of nitrogen functional groups attached to an aromatic ring is 1. The first-order valence-electron chi connectivity index (χ1n) is 5.42. The van der Waals surface area contributed by atoms with Gasteiger partial charge >= 0.3 is 0 Å². The molecular weight excluding hydrogens is 202 g/mol. The first-order chi connectivity index (χ1) is 7.45. The molecule has 0 bridgehead atoms. The van der Waals surface area contributed by atoms with Crippen LogP contribution in [0.1, 0.15) is 32.2 Å². The van der Waals surface area contributed by atoms with Crippen LogP contribution in [-0.2, 0) is 0 Å². The second-order valence-electron chi connectivity index (χ2n) is 3.99. The molecule has 5 nitrogen and oxygen atoms in total. The van der Waals surface area contributed by atoms with E-state index in [1.165, 1.54) is 0 Å². The van der Waals surface area contributed by atoms with Crippen LogP contribution in [0.2, 0.25) is 0 Å². The highest BCUT2D eigenvalue weighted by Crippen LogP contribution is 2.12. The van der Waals surface area contributed by atoms with Crippen molar-refractivity contribution in [3.63, 3.8) is 0 Å². The molecule has 16 heavy (non-hydrogen) atoms. The van der Waals surface area contributed by atoms with E-state index in [1.54, 1.807) is 6.07 Å². The molecule has 0 saturated carbocycles. The molecule has 5 heteroatoms. The molecule has 0 radical (unpaired) electrons. The highest BCUT2D eigenvalue weighted by molar-refractivity contribution is 5.93. The van der Waals surface area contributed by atoms with Crippen LogP contribution in [-0.4, -0.2) is 28.4 Å². The average molecular weight is 221 g/mol. The molecule has 3 N–H and O–H groups in total. The summed E-state index contributed by atoms with van der Waals surface area (Å²) < 4.78 is 0. The van der Waals surface area contributed by atoms with E-state index in [4.69, 9.17) is 11.1 Å². The maximum Gasteiger partial charge on any atom is 0.226 e. The number of nitrogens with one attached hydrogen (secondary N) is 1. The quantitative estimate of drug-likeness (QED) is 0.593. The minimum absolute atomic E-state index is 0.0217. The minimum atomic E-state index is -0.0217. The average Bonchev–Trinajstić information content (AvgIpc) is 2.17. The van der Waals surface area contributed by atoms with Gasteiger partial charge in [-0.1, -0.05) is 0 Å². The zero-order valence-electron chi connectivity index (χ0n) is 10.3. The van der Waals surface area contributed by atoms with Crippen molar-refractivity contribution < 1.29 is 0 Å². The highest BCUT2D eigenvalue weighted by Gasteiger charge is 2.13. The van der Waals surface area contributed by atoms with Gasteiger partial charge in [-0.25, -0.2) is 9.97 Å². The van der Waals surface area contributed by atoms with Crippen molar-refractivity contribution in [3.05, 3.63) is 17.5 Å². The zero-order chi connectivity index (χ0) is 12.3. The van der Waals surface area contributed by atoms with Gasteiger partial charge < -0.3 is 10.6 Å². The standard InChI is InChI=1S/C11H19N5/c1-5-16(7(2)3)11-14-8(4)6-9(15-11)10(12)13/h6-7H,5H2,1-4H3,(H3,12,13). The van der Waals surface area contributed by atoms with Gasteiger partial charge in [-0.05, 0) is 33.8 Å². The Morgan fingerprint density at radius 3 is 2.56 bits per heavy atom. The number of aryl methyl sites for hydroxylation is 1. The first kappa shape index (κ1) is 12.4. The van der Waals surface area contributed by atoms with E-state index in [2.05, 4.69) is 35.6 Å². The molecule has 1 aromatic rings. The normalized spacial score (nSPS) is 10.6. The summed E-state index contributed by atoms with van der Waals surface area (Å²) in [4.78, 5) is 10.7. The summed E-state index contributed by atoms with van der Waals surface area (Å²) in [7, 11) is 0. The Hall–Kier alpha value is -1.65. The lowest BCUT2D eigenvalue weighted by atomic mass is 10.3. The van der Waals surface area contributed by atoms with Crippen LogP contribution < -0.4 is 10.6 Å². The topological polar surface area (TPSA) is 78.9 Å². The van der Waals surface area contributed by atoms with Gasteiger partial charge in [0.25, 0.3) is 0 Å². The molecule has 0 aromatic carbocycles.